The molecule has 2 aliphatic heterocycles. The van der Waals surface area contributed by atoms with Crippen LogP contribution in [0.25, 0.3) is 0 Å². The number of carbonyl (C=O) groups is 4. The molecular weight excluding hydrogens is 380 g/mol. The summed E-state index contributed by atoms with van der Waals surface area (Å²) in [5, 5.41) is 27.7. The van der Waals surface area contributed by atoms with Gasteiger partial charge >= 0.3 is 5.97 Å². The number of hydrogen-bond donors (Lipinski definition) is 5. The molecule has 10 heteroatoms. The highest BCUT2D eigenvalue weighted by Crippen LogP contribution is 2.19. The van der Waals surface area contributed by atoms with Gasteiger partial charge in [-0.2, -0.15) is 0 Å². The van der Waals surface area contributed by atoms with Gasteiger partial charge in [0.25, 0.3) is 0 Å². The summed E-state index contributed by atoms with van der Waals surface area (Å²) in [5.41, 5.74) is 0. The van der Waals surface area contributed by atoms with Crippen LogP contribution in [-0.2, 0) is 19.2 Å². The average molecular weight is 412 g/mol. The zero-order valence-corrected chi connectivity index (χ0v) is 17.2. The van der Waals surface area contributed by atoms with E-state index < -0.39 is 42.0 Å². The second-order valence-corrected chi connectivity index (χ2v) is 8.13. The zero-order valence-electron chi connectivity index (χ0n) is 17.2. The zero-order chi connectivity index (χ0) is 21.7. The van der Waals surface area contributed by atoms with Crippen molar-refractivity contribution < 1.29 is 29.4 Å². The summed E-state index contributed by atoms with van der Waals surface area (Å²) in [7, 11) is 0. The minimum absolute atomic E-state index is 0.247. The maximum Gasteiger partial charge on any atom is 0.326 e. The van der Waals surface area contributed by atoms with Crippen LogP contribution < -0.4 is 16.0 Å². The molecule has 0 saturated carbocycles. The van der Waals surface area contributed by atoms with Crippen molar-refractivity contribution in [2.75, 3.05) is 13.1 Å². The van der Waals surface area contributed by atoms with Crippen LogP contribution in [0.4, 0.5) is 0 Å². The quantitative estimate of drug-likeness (QED) is 0.337. The number of rotatable bonds is 8. The van der Waals surface area contributed by atoms with Crippen molar-refractivity contribution in [3.8, 4) is 0 Å². The summed E-state index contributed by atoms with van der Waals surface area (Å²) >= 11 is 0. The standard InChI is InChI=1S/C19H32N4O6/c1-10(2)14(21-16(25)12-6-4-8-20-12)17(26)22-15(11(3)24)18(27)23-9-5-7-13(23)19(28)29/h10-15,20,24H,4-9H2,1-3H3,(H,21,25)(H,22,26)(H,28,29). The van der Waals surface area contributed by atoms with Gasteiger partial charge in [0.1, 0.15) is 18.1 Å². The minimum atomic E-state index is -1.29. The van der Waals surface area contributed by atoms with Crippen molar-refractivity contribution in [1.82, 2.24) is 20.9 Å². The second kappa shape index (κ2) is 10.0. The Kier molecular flexibility index (Phi) is 7.97. The number of aliphatic carboxylic acids is 1. The Morgan fingerprint density at radius 1 is 1.03 bits per heavy atom. The van der Waals surface area contributed by atoms with E-state index in [1.807, 2.05) is 0 Å². The molecule has 2 fully saturated rings. The Morgan fingerprint density at radius 3 is 2.24 bits per heavy atom. The monoisotopic (exact) mass is 412 g/mol. The lowest BCUT2D eigenvalue weighted by Gasteiger charge is -2.31. The van der Waals surface area contributed by atoms with Crippen molar-refractivity contribution >= 4 is 23.7 Å². The first-order chi connectivity index (χ1) is 13.6. The molecule has 0 aromatic carbocycles. The van der Waals surface area contributed by atoms with E-state index in [0.717, 1.165) is 13.0 Å². The molecule has 0 aromatic heterocycles. The number of aliphatic hydroxyl groups excluding tert-OH is 1. The summed E-state index contributed by atoms with van der Waals surface area (Å²) in [5.74, 6) is -2.85. The molecule has 5 unspecified atom stereocenters. The van der Waals surface area contributed by atoms with Crippen LogP contribution in [0.15, 0.2) is 0 Å². The van der Waals surface area contributed by atoms with E-state index in [2.05, 4.69) is 16.0 Å². The van der Waals surface area contributed by atoms with Crippen LogP contribution in [0.1, 0.15) is 46.5 Å². The summed E-state index contributed by atoms with van der Waals surface area (Å²) in [4.78, 5) is 50.7. The van der Waals surface area contributed by atoms with E-state index in [-0.39, 0.29) is 24.4 Å². The molecule has 0 radical (unpaired) electrons. The van der Waals surface area contributed by atoms with E-state index in [1.165, 1.54) is 11.8 Å². The van der Waals surface area contributed by atoms with Crippen LogP contribution in [0, 0.1) is 5.92 Å². The number of likely N-dealkylation sites (tertiary alicyclic amines) is 1. The predicted octanol–water partition coefficient (Wildman–Crippen LogP) is -1.18. The van der Waals surface area contributed by atoms with Gasteiger partial charge in [-0.15, -0.1) is 0 Å². The molecule has 0 spiro atoms. The summed E-state index contributed by atoms with van der Waals surface area (Å²) in [6.45, 7) is 5.90. The number of nitrogens with one attached hydrogen (secondary N) is 3. The molecule has 2 aliphatic rings. The molecule has 0 aliphatic carbocycles. The third-order valence-electron chi connectivity index (χ3n) is 5.49. The number of aliphatic hydroxyl groups is 1. The van der Waals surface area contributed by atoms with Crippen LogP contribution in [0.3, 0.4) is 0 Å². The largest absolute Gasteiger partial charge is 0.480 e. The van der Waals surface area contributed by atoms with Crippen LogP contribution in [0.5, 0.6) is 0 Å². The first kappa shape index (κ1) is 23.1. The van der Waals surface area contributed by atoms with Crippen molar-refractivity contribution in [2.24, 2.45) is 5.92 Å². The molecular formula is C19H32N4O6. The third-order valence-corrected chi connectivity index (χ3v) is 5.49. The molecule has 5 atom stereocenters. The van der Waals surface area contributed by atoms with E-state index in [4.69, 9.17) is 0 Å². The summed E-state index contributed by atoms with van der Waals surface area (Å²) < 4.78 is 0. The molecule has 2 heterocycles. The van der Waals surface area contributed by atoms with E-state index in [1.54, 1.807) is 13.8 Å². The smallest absolute Gasteiger partial charge is 0.326 e. The Hall–Kier alpha value is -2.20. The van der Waals surface area contributed by atoms with Crippen molar-refractivity contribution in [1.29, 1.82) is 0 Å². The van der Waals surface area contributed by atoms with Gasteiger partial charge in [0, 0.05) is 6.54 Å². The first-order valence-corrected chi connectivity index (χ1v) is 10.2. The lowest BCUT2D eigenvalue weighted by molar-refractivity contribution is -0.150. The molecule has 0 aromatic rings. The highest BCUT2D eigenvalue weighted by atomic mass is 16.4. The van der Waals surface area contributed by atoms with Crippen molar-refractivity contribution in [3.63, 3.8) is 0 Å². The number of amides is 3. The fraction of sp³-hybridized carbons (Fsp3) is 0.789. The Morgan fingerprint density at radius 2 is 1.72 bits per heavy atom. The number of carboxylic acid groups (broad SMARTS) is 1. The Balaban J connectivity index is 2.08. The molecule has 2 rings (SSSR count). The molecule has 5 N–H and O–H groups in total. The van der Waals surface area contributed by atoms with Gasteiger partial charge in [-0.25, -0.2) is 4.79 Å². The first-order valence-electron chi connectivity index (χ1n) is 10.2. The maximum atomic E-state index is 12.9. The Bertz CT molecular complexity index is 632. The van der Waals surface area contributed by atoms with Crippen molar-refractivity contribution in [2.45, 2.75) is 76.7 Å². The van der Waals surface area contributed by atoms with Crippen LogP contribution >= 0.6 is 0 Å². The fourth-order valence-corrected chi connectivity index (χ4v) is 3.79. The highest BCUT2D eigenvalue weighted by Gasteiger charge is 2.40. The maximum absolute atomic E-state index is 12.9. The molecule has 2 saturated heterocycles. The number of nitrogens with zero attached hydrogens (tertiary/aromatic N) is 1. The summed E-state index contributed by atoms with van der Waals surface area (Å²) in [6, 6.07) is -3.48. The number of carboxylic acids is 1. The average Bonchev–Trinajstić information content (AvgIpc) is 3.34. The van der Waals surface area contributed by atoms with Gasteiger partial charge < -0.3 is 31.1 Å². The van der Waals surface area contributed by atoms with Gasteiger partial charge in [-0.05, 0) is 45.1 Å². The SMILES string of the molecule is CC(C)C(NC(=O)C1CCCN1)C(=O)NC(C(=O)N1CCCC1C(=O)O)C(C)O. The molecule has 164 valence electrons. The number of hydrogen-bond acceptors (Lipinski definition) is 6. The number of carbonyl (C=O) groups excluding carboxylic acids is 3. The van der Waals surface area contributed by atoms with Gasteiger partial charge in [-0.3, -0.25) is 14.4 Å². The van der Waals surface area contributed by atoms with E-state index >= 15 is 0 Å². The second-order valence-electron chi connectivity index (χ2n) is 8.13. The minimum Gasteiger partial charge on any atom is -0.480 e. The summed E-state index contributed by atoms with van der Waals surface area (Å²) in [6.07, 6.45) is 1.23. The fourth-order valence-electron chi connectivity index (χ4n) is 3.79. The van der Waals surface area contributed by atoms with E-state index in [0.29, 0.717) is 19.3 Å². The molecule has 10 nitrogen and oxygen atoms in total. The lowest BCUT2D eigenvalue weighted by Crippen LogP contribution is -2.60. The Labute approximate surface area is 170 Å². The van der Waals surface area contributed by atoms with Gasteiger partial charge in [-0.1, -0.05) is 13.8 Å². The normalized spacial score (nSPS) is 24.8. The molecule has 0 bridgehead atoms. The van der Waals surface area contributed by atoms with E-state index in [9.17, 15) is 29.4 Å². The highest BCUT2D eigenvalue weighted by molar-refractivity contribution is 5.94. The van der Waals surface area contributed by atoms with Gasteiger partial charge in [0.05, 0.1) is 12.1 Å². The molecule has 3 amide bonds. The van der Waals surface area contributed by atoms with Gasteiger partial charge in [0.2, 0.25) is 17.7 Å². The van der Waals surface area contributed by atoms with Crippen LogP contribution in [-0.4, -0.2) is 82.2 Å². The van der Waals surface area contributed by atoms with Crippen LogP contribution in [0.2, 0.25) is 0 Å². The molecule has 29 heavy (non-hydrogen) atoms. The third kappa shape index (κ3) is 5.66. The topological polar surface area (TPSA) is 148 Å². The predicted molar refractivity (Wildman–Crippen MR) is 104 cm³/mol. The van der Waals surface area contributed by atoms with Gasteiger partial charge in [0.15, 0.2) is 0 Å². The lowest BCUT2D eigenvalue weighted by atomic mass is 10.0. The van der Waals surface area contributed by atoms with Crippen molar-refractivity contribution in [3.05, 3.63) is 0 Å².